The van der Waals surface area contributed by atoms with Crippen LogP contribution in [-0.4, -0.2) is 10.6 Å². The maximum absolute atomic E-state index is 10.4. The molecule has 0 radical (unpaired) electrons. The number of carbonyl (C=O) groups excluding carboxylic acids is 1. The molecule has 1 aromatic rings. The predicted octanol–water partition coefficient (Wildman–Crippen LogP) is 4.59. The summed E-state index contributed by atoms with van der Waals surface area (Å²) in [4.78, 5) is 10.4. The lowest BCUT2D eigenvalue weighted by molar-refractivity contribution is 0.112. The van der Waals surface area contributed by atoms with Gasteiger partial charge >= 0.3 is 0 Å². The highest BCUT2D eigenvalue weighted by molar-refractivity contribution is 9.11. The molecule has 0 amide bonds. The van der Waals surface area contributed by atoms with Crippen molar-refractivity contribution in [2.45, 2.75) is 4.30 Å². The minimum Gasteiger partial charge on any atom is -0.397 e. The second kappa shape index (κ2) is 7.74. The van der Waals surface area contributed by atoms with E-state index in [1.54, 1.807) is 12.1 Å². The number of hydrogen-bond acceptors (Lipinski definition) is 2. The highest BCUT2D eigenvalue weighted by Crippen LogP contribution is 2.26. The molecule has 2 N–H and O–H groups in total. The van der Waals surface area contributed by atoms with Crippen molar-refractivity contribution in [2.24, 2.45) is 0 Å². The van der Waals surface area contributed by atoms with Crippen LogP contribution in [0.3, 0.4) is 0 Å². The van der Waals surface area contributed by atoms with Gasteiger partial charge in [0.05, 0.1) is 5.69 Å². The van der Waals surface area contributed by atoms with E-state index in [1.807, 2.05) is 0 Å². The average Bonchev–Trinajstić information content (AvgIpc) is 2.10. The van der Waals surface area contributed by atoms with Crippen LogP contribution in [0.5, 0.6) is 0 Å². The van der Waals surface area contributed by atoms with Crippen molar-refractivity contribution in [3.8, 4) is 0 Å². The van der Waals surface area contributed by atoms with E-state index in [4.69, 9.17) is 40.5 Å². The first-order valence-electron chi connectivity index (χ1n) is 3.50. The lowest BCUT2D eigenvalue weighted by Crippen LogP contribution is -1.93. The van der Waals surface area contributed by atoms with E-state index in [1.165, 1.54) is 0 Å². The van der Waals surface area contributed by atoms with Crippen molar-refractivity contribution >= 4 is 78.6 Å². The largest absolute Gasteiger partial charge is 0.397 e. The molecule has 0 heterocycles. The fourth-order valence-electron chi connectivity index (χ4n) is 0.702. The molecule has 0 unspecified atom stereocenters. The number of alkyl halides is 3. The van der Waals surface area contributed by atoms with Crippen LogP contribution in [0.15, 0.2) is 21.1 Å². The molecular weight excluding hydrogens is 392 g/mol. The third-order valence-corrected chi connectivity index (χ3v) is 2.37. The lowest BCUT2D eigenvalue weighted by atomic mass is 10.2. The van der Waals surface area contributed by atoms with Crippen LogP contribution >= 0.6 is 66.7 Å². The molecule has 0 spiro atoms. The quantitative estimate of drug-likeness (QED) is 0.427. The van der Waals surface area contributed by atoms with Gasteiger partial charge in [0.1, 0.15) is 0 Å². The van der Waals surface area contributed by atoms with Crippen LogP contribution in [0.1, 0.15) is 10.4 Å². The zero-order valence-electron chi connectivity index (χ0n) is 7.18. The van der Waals surface area contributed by atoms with Gasteiger partial charge in [0.2, 0.25) is 0 Å². The zero-order chi connectivity index (χ0) is 12.0. The smallest absolute Gasteiger partial charge is 0.180 e. The summed E-state index contributed by atoms with van der Waals surface area (Å²) in [7, 11) is 0. The van der Waals surface area contributed by atoms with Gasteiger partial charge in [0.25, 0.3) is 0 Å². The van der Waals surface area contributed by atoms with Gasteiger partial charge in [-0.05, 0) is 28.1 Å². The number of aldehydes is 1. The van der Waals surface area contributed by atoms with E-state index in [0.717, 1.165) is 15.2 Å². The van der Waals surface area contributed by atoms with Gasteiger partial charge in [-0.25, -0.2) is 0 Å². The molecule has 0 aliphatic rings. The summed E-state index contributed by atoms with van der Waals surface area (Å²) >= 11 is 20.9. The maximum atomic E-state index is 10.4. The summed E-state index contributed by atoms with van der Waals surface area (Å²) in [6.45, 7) is 0. The second-order valence-electron chi connectivity index (χ2n) is 2.26. The summed E-state index contributed by atoms with van der Waals surface area (Å²) in [5.74, 6) is 0. The highest BCUT2D eigenvalue weighted by atomic mass is 79.9. The van der Waals surface area contributed by atoms with Gasteiger partial charge in [-0.1, -0.05) is 50.7 Å². The number of carbonyl (C=O) groups is 1. The number of rotatable bonds is 1. The second-order valence-corrected chi connectivity index (χ2v) is 6.01. The molecule has 84 valence electrons. The van der Waals surface area contributed by atoms with Crippen molar-refractivity contribution < 1.29 is 4.79 Å². The first-order valence-corrected chi connectivity index (χ1v) is 6.40. The third kappa shape index (κ3) is 6.64. The minimum absolute atomic E-state index is 0.475. The molecule has 0 saturated carbocycles. The molecule has 0 aliphatic carbocycles. The Balaban J connectivity index is 0.000000423. The van der Waals surface area contributed by atoms with Gasteiger partial charge in [-0.2, -0.15) is 0 Å². The first-order chi connectivity index (χ1) is 6.88. The number of anilines is 1. The fourth-order valence-corrected chi connectivity index (χ4v) is 1.96. The van der Waals surface area contributed by atoms with Crippen molar-refractivity contribution in [3.63, 3.8) is 0 Å². The summed E-state index contributed by atoms with van der Waals surface area (Å²) in [5.41, 5.74) is 6.53. The van der Waals surface area contributed by atoms with Crippen LogP contribution in [0.4, 0.5) is 5.69 Å². The Morgan fingerprint density at radius 3 is 2.13 bits per heavy atom. The van der Waals surface area contributed by atoms with Crippen LogP contribution in [-0.2, 0) is 0 Å². The Bertz CT molecular complexity index is 344. The Morgan fingerprint density at radius 1 is 1.27 bits per heavy atom. The number of hydrogen-bond donors (Lipinski definition) is 1. The molecule has 1 rings (SSSR count). The number of halogens is 5. The molecule has 0 aromatic heterocycles. The van der Waals surface area contributed by atoms with Crippen molar-refractivity contribution in [2.75, 3.05) is 5.73 Å². The normalized spacial score (nSPS) is 9.47. The van der Waals surface area contributed by atoms with Crippen molar-refractivity contribution in [1.82, 2.24) is 0 Å². The molecule has 0 atom stereocenters. The summed E-state index contributed by atoms with van der Waals surface area (Å²) in [6.07, 6.45) is 0.727. The molecular formula is C8H6Br2Cl3NO. The molecule has 2 nitrogen and oxygen atoms in total. The molecule has 0 bridgehead atoms. The van der Waals surface area contributed by atoms with E-state index in [2.05, 4.69) is 31.9 Å². The Hall–Kier alpha value is 0.520. The number of benzene rings is 1. The maximum Gasteiger partial charge on any atom is 0.180 e. The van der Waals surface area contributed by atoms with Gasteiger partial charge in [0, 0.05) is 14.5 Å². The van der Waals surface area contributed by atoms with Crippen LogP contribution in [0, 0.1) is 0 Å². The van der Waals surface area contributed by atoms with Gasteiger partial charge in [0.15, 0.2) is 10.6 Å². The monoisotopic (exact) mass is 395 g/mol. The van der Waals surface area contributed by atoms with Gasteiger partial charge < -0.3 is 5.73 Å². The Kier molecular flexibility index (Phi) is 8.01. The van der Waals surface area contributed by atoms with E-state index in [0.29, 0.717) is 11.3 Å². The van der Waals surface area contributed by atoms with Crippen LogP contribution in [0.2, 0.25) is 0 Å². The molecule has 0 saturated heterocycles. The van der Waals surface area contributed by atoms with E-state index >= 15 is 0 Å². The summed E-state index contributed by atoms with van der Waals surface area (Å²) in [5, 5.41) is 0. The van der Waals surface area contributed by atoms with E-state index in [9.17, 15) is 4.79 Å². The molecule has 7 heteroatoms. The van der Waals surface area contributed by atoms with Crippen molar-refractivity contribution in [3.05, 3.63) is 26.6 Å². The number of nitrogens with two attached hydrogens (primary N) is 1. The van der Waals surface area contributed by atoms with Crippen molar-refractivity contribution in [1.29, 1.82) is 0 Å². The van der Waals surface area contributed by atoms with Gasteiger partial charge in [-0.3, -0.25) is 4.79 Å². The molecule has 0 aliphatic heterocycles. The predicted molar refractivity (Wildman–Crippen MR) is 73.0 cm³/mol. The Labute approximate surface area is 119 Å². The van der Waals surface area contributed by atoms with E-state index < -0.39 is 4.30 Å². The minimum atomic E-state index is -0.750. The topological polar surface area (TPSA) is 43.1 Å². The standard InChI is InChI=1S/C7H5Br2NO.CHCl3/c8-5-1-4(3-11)7(10)6(9)2-5;2-1(3)4/h1-3H,10H2;1H. The highest BCUT2D eigenvalue weighted by Gasteiger charge is 2.02. The molecule has 1 aromatic carbocycles. The Morgan fingerprint density at radius 2 is 1.73 bits per heavy atom. The van der Waals surface area contributed by atoms with Crippen LogP contribution < -0.4 is 5.73 Å². The first kappa shape index (κ1) is 15.5. The lowest BCUT2D eigenvalue weighted by Gasteiger charge is -2.01. The number of nitrogen functional groups attached to an aromatic ring is 1. The molecule has 0 fully saturated rings. The zero-order valence-corrected chi connectivity index (χ0v) is 12.6. The van der Waals surface area contributed by atoms with E-state index in [-0.39, 0.29) is 0 Å². The van der Waals surface area contributed by atoms with Crippen LogP contribution in [0.25, 0.3) is 0 Å². The summed E-state index contributed by atoms with van der Waals surface area (Å²) < 4.78 is 0.814. The molecule has 15 heavy (non-hydrogen) atoms. The summed E-state index contributed by atoms with van der Waals surface area (Å²) in [6, 6.07) is 3.47. The van der Waals surface area contributed by atoms with Gasteiger partial charge in [-0.15, -0.1) is 0 Å². The fraction of sp³-hybridized carbons (Fsp3) is 0.125. The third-order valence-electron chi connectivity index (χ3n) is 1.25. The SMILES string of the molecule is ClC(Cl)Cl.Nc1c(Br)cc(Br)cc1C=O. The average molecular weight is 398 g/mol.